The molecule has 0 aromatic heterocycles. The smallest absolute Gasteiger partial charge is 0.241 e. The molecule has 1 atom stereocenters. The Kier molecular flexibility index (Phi) is 7.42. The maximum atomic E-state index is 12.9. The maximum absolute atomic E-state index is 12.9. The van der Waals surface area contributed by atoms with E-state index >= 15 is 0 Å². The topological polar surface area (TPSA) is 78.9 Å². The van der Waals surface area contributed by atoms with E-state index in [-0.39, 0.29) is 11.9 Å². The van der Waals surface area contributed by atoms with Crippen LogP contribution in [0.3, 0.4) is 0 Å². The minimum Gasteiger partial charge on any atom is -0.494 e. The molecule has 2 aliphatic heterocycles. The lowest BCUT2D eigenvalue weighted by Crippen LogP contribution is -2.37. The number of benzene rings is 2. The van der Waals surface area contributed by atoms with E-state index < -0.39 is 15.8 Å². The van der Waals surface area contributed by atoms with Gasteiger partial charge in [0.1, 0.15) is 11.5 Å². The Bertz CT molecular complexity index is 1030. The van der Waals surface area contributed by atoms with Crippen molar-refractivity contribution in [2.75, 3.05) is 41.6 Å². The van der Waals surface area contributed by atoms with E-state index in [1.165, 1.54) is 19.3 Å². The Morgan fingerprint density at radius 2 is 1.67 bits per heavy atom. The number of hydrogen-bond acceptors (Lipinski definition) is 5. The van der Waals surface area contributed by atoms with Gasteiger partial charge in [-0.2, -0.15) is 0 Å². The highest BCUT2D eigenvalue weighted by molar-refractivity contribution is 7.93. The van der Waals surface area contributed by atoms with Gasteiger partial charge >= 0.3 is 0 Å². The van der Waals surface area contributed by atoms with Gasteiger partial charge in [0.15, 0.2) is 0 Å². The van der Waals surface area contributed by atoms with Crippen molar-refractivity contribution in [3.8, 4) is 5.75 Å². The molecule has 2 fully saturated rings. The van der Waals surface area contributed by atoms with Crippen LogP contribution in [0.15, 0.2) is 48.5 Å². The fourth-order valence-corrected chi connectivity index (χ4v) is 5.78. The number of likely N-dealkylation sites (tertiary alicyclic amines) is 1. The number of anilines is 2. The number of carbonyl (C=O) groups excluding carboxylic acids is 1. The first-order chi connectivity index (χ1) is 15.9. The van der Waals surface area contributed by atoms with E-state index in [9.17, 15) is 13.2 Å². The van der Waals surface area contributed by atoms with Crippen LogP contribution in [0.1, 0.15) is 50.6 Å². The van der Waals surface area contributed by atoms with Gasteiger partial charge in [0.2, 0.25) is 15.9 Å². The Morgan fingerprint density at radius 3 is 2.33 bits per heavy atom. The average Bonchev–Trinajstić information content (AvgIpc) is 3.31. The number of rotatable bonds is 8. The van der Waals surface area contributed by atoms with Crippen molar-refractivity contribution < 1.29 is 17.9 Å². The highest BCUT2D eigenvalue weighted by atomic mass is 32.2. The van der Waals surface area contributed by atoms with Gasteiger partial charge in [0.25, 0.3) is 0 Å². The number of ether oxygens (including phenoxy) is 1. The van der Waals surface area contributed by atoms with E-state index in [0.717, 1.165) is 42.9 Å². The predicted octanol–water partition coefficient (Wildman–Crippen LogP) is 4.18. The van der Waals surface area contributed by atoms with E-state index in [1.807, 2.05) is 43.3 Å². The lowest BCUT2D eigenvalue weighted by molar-refractivity contribution is -0.129. The molecule has 2 heterocycles. The summed E-state index contributed by atoms with van der Waals surface area (Å²) in [6.45, 7) is 5.16. The number of sulfonamides is 1. The molecule has 0 aliphatic carbocycles. The highest BCUT2D eigenvalue weighted by Crippen LogP contribution is 2.33. The van der Waals surface area contributed by atoms with Crippen LogP contribution in [0.2, 0.25) is 0 Å². The zero-order valence-electron chi connectivity index (χ0n) is 19.2. The molecular formula is C25H33N3O4S. The van der Waals surface area contributed by atoms with E-state index in [4.69, 9.17) is 4.74 Å². The molecule has 2 aromatic carbocycles. The minimum atomic E-state index is -3.80. The lowest BCUT2D eigenvalue weighted by atomic mass is 10.0. The third-order valence-electron chi connectivity index (χ3n) is 6.32. The van der Waals surface area contributed by atoms with Crippen molar-refractivity contribution in [2.24, 2.45) is 0 Å². The lowest BCUT2D eigenvalue weighted by Gasteiger charge is -2.29. The monoisotopic (exact) mass is 471 g/mol. The normalized spacial score (nSPS) is 18.9. The fraction of sp³-hybridized carbons (Fsp3) is 0.480. The van der Waals surface area contributed by atoms with Crippen LogP contribution in [0.4, 0.5) is 11.4 Å². The molecule has 0 bridgehead atoms. The van der Waals surface area contributed by atoms with Crippen molar-refractivity contribution >= 4 is 27.3 Å². The molecule has 1 amide bonds. The molecule has 1 unspecified atom stereocenters. The van der Waals surface area contributed by atoms with Crippen molar-refractivity contribution in [3.63, 3.8) is 0 Å². The summed E-state index contributed by atoms with van der Waals surface area (Å²) in [4.78, 5) is 16.9. The molecule has 178 valence electrons. The van der Waals surface area contributed by atoms with Crippen LogP contribution in [0.25, 0.3) is 0 Å². The van der Waals surface area contributed by atoms with E-state index in [0.29, 0.717) is 18.8 Å². The molecule has 2 saturated heterocycles. The maximum Gasteiger partial charge on any atom is 0.241 e. The number of nitrogens with zero attached hydrogens (tertiary/aromatic N) is 2. The van der Waals surface area contributed by atoms with Crippen LogP contribution < -0.4 is 14.4 Å². The van der Waals surface area contributed by atoms with Gasteiger partial charge in [-0.3, -0.25) is 9.52 Å². The molecule has 1 N–H and O–H groups in total. The molecule has 33 heavy (non-hydrogen) atoms. The summed E-state index contributed by atoms with van der Waals surface area (Å²) in [5.74, 6) is -0.145. The predicted molar refractivity (Wildman–Crippen MR) is 131 cm³/mol. The van der Waals surface area contributed by atoms with Crippen LogP contribution in [-0.4, -0.2) is 51.2 Å². The zero-order valence-corrected chi connectivity index (χ0v) is 20.0. The number of amides is 1. The zero-order chi connectivity index (χ0) is 23.3. The molecule has 0 saturated carbocycles. The van der Waals surface area contributed by atoms with Gasteiger partial charge < -0.3 is 14.5 Å². The molecular weight excluding hydrogens is 438 g/mol. The standard InChI is InChI=1S/C25H33N3O4S/c1-2-32-23-14-8-20(9-15-23)24-7-6-18-28(24)25(29)19-33(30,31)26-21-10-12-22(13-11-21)27-16-4-3-5-17-27/h8-15,24,26H,2-7,16-19H2,1H3. The first-order valence-corrected chi connectivity index (χ1v) is 13.5. The largest absolute Gasteiger partial charge is 0.494 e. The summed E-state index contributed by atoms with van der Waals surface area (Å²) in [6.07, 6.45) is 5.31. The number of piperidine rings is 1. The van der Waals surface area contributed by atoms with Crippen molar-refractivity contribution in [1.29, 1.82) is 0 Å². The third kappa shape index (κ3) is 5.99. The minimum absolute atomic E-state index is 0.104. The van der Waals surface area contributed by atoms with Crippen LogP contribution >= 0.6 is 0 Å². The summed E-state index contributed by atoms with van der Waals surface area (Å²) in [7, 11) is -3.80. The molecule has 2 aliphatic rings. The Hall–Kier alpha value is -2.74. The van der Waals surface area contributed by atoms with Gasteiger partial charge in [0.05, 0.1) is 12.6 Å². The fourth-order valence-electron chi connectivity index (χ4n) is 4.72. The summed E-state index contributed by atoms with van der Waals surface area (Å²) < 4.78 is 33.5. The van der Waals surface area contributed by atoms with Crippen molar-refractivity contribution in [3.05, 3.63) is 54.1 Å². The summed E-state index contributed by atoms with van der Waals surface area (Å²) >= 11 is 0. The van der Waals surface area contributed by atoms with Crippen LogP contribution in [0, 0.1) is 0 Å². The SMILES string of the molecule is CCOc1ccc(C2CCCN2C(=O)CS(=O)(=O)Nc2ccc(N3CCCCC3)cc2)cc1. The van der Waals surface area contributed by atoms with Crippen LogP contribution in [-0.2, 0) is 14.8 Å². The van der Waals surface area contributed by atoms with E-state index in [2.05, 4.69) is 9.62 Å². The first kappa shape index (κ1) is 23.4. The Labute approximate surface area is 196 Å². The second-order valence-corrected chi connectivity index (χ2v) is 10.4. The van der Waals surface area contributed by atoms with E-state index in [1.54, 1.807) is 17.0 Å². The van der Waals surface area contributed by atoms with Gasteiger partial charge in [0, 0.05) is 31.0 Å². The Balaban J connectivity index is 1.37. The third-order valence-corrected chi connectivity index (χ3v) is 7.50. The van der Waals surface area contributed by atoms with Crippen LogP contribution in [0.5, 0.6) is 5.75 Å². The first-order valence-electron chi connectivity index (χ1n) is 11.8. The quantitative estimate of drug-likeness (QED) is 0.625. The molecule has 8 heteroatoms. The molecule has 0 spiro atoms. The van der Waals surface area contributed by atoms with Gasteiger partial charge in [-0.25, -0.2) is 8.42 Å². The second kappa shape index (κ2) is 10.5. The van der Waals surface area contributed by atoms with Gasteiger partial charge in [-0.15, -0.1) is 0 Å². The van der Waals surface area contributed by atoms with Crippen molar-refractivity contribution in [2.45, 2.75) is 45.1 Å². The number of carbonyl (C=O) groups is 1. The summed E-state index contributed by atoms with van der Waals surface area (Å²) in [6, 6.07) is 15.0. The Morgan fingerprint density at radius 1 is 0.970 bits per heavy atom. The summed E-state index contributed by atoms with van der Waals surface area (Å²) in [5.41, 5.74) is 2.58. The number of nitrogens with one attached hydrogen (secondary N) is 1. The van der Waals surface area contributed by atoms with Crippen molar-refractivity contribution in [1.82, 2.24) is 4.90 Å². The van der Waals surface area contributed by atoms with Gasteiger partial charge in [-0.1, -0.05) is 12.1 Å². The molecule has 7 nitrogen and oxygen atoms in total. The van der Waals surface area contributed by atoms with Gasteiger partial charge in [-0.05, 0) is 81.0 Å². The molecule has 0 radical (unpaired) electrons. The molecule has 4 rings (SSSR count). The number of hydrogen-bond donors (Lipinski definition) is 1. The summed E-state index contributed by atoms with van der Waals surface area (Å²) in [5, 5.41) is 0. The average molecular weight is 472 g/mol. The second-order valence-electron chi connectivity index (χ2n) is 8.70. The molecule has 2 aromatic rings. The highest BCUT2D eigenvalue weighted by Gasteiger charge is 2.32.